The summed E-state index contributed by atoms with van der Waals surface area (Å²) in [5, 5.41) is 0.998. The number of allylic oxidation sites excluding steroid dienone is 1. The van der Waals surface area contributed by atoms with Crippen LogP contribution in [0.25, 0.3) is 10.9 Å². The van der Waals surface area contributed by atoms with Gasteiger partial charge in [-0.15, -0.1) is 0 Å². The maximum Gasteiger partial charge on any atom is 0.371 e. The lowest BCUT2D eigenvalue weighted by molar-refractivity contribution is -0.875. The first kappa shape index (κ1) is 20.3. The third kappa shape index (κ3) is 3.38. The molecule has 0 radical (unpaired) electrons. The molecule has 1 amide bonds. The summed E-state index contributed by atoms with van der Waals surface area (Å²) in [7, 11) is 3.01. The number of methoxy groups -OCH3 is 2. The largest absolute Gasteiger partial charge is 0.464 e. The van der Waals surface area contributed by atoms with E-state index in [1.165, 1.54) is 12.7 Å². The molecule has 1 aliphatic heterocycles. The van der Waals surface area contributed by atoms with E-state index in [1.54, 1.807) is 14.0 Å². The average molecular weight is 385 g/mol. The van der Waals surface area contributed by atoms with Crippen LogP contribution in [0.2, 0.25) is 0 Å². The number of hydrogen-bond acceptors (Lipinski definition) is 4. The molecule has 2 aromatic rings. The van der Waals surface area contributed by atoms with Crippen molar-refractivity contribution >= 4 is 22.8 Å². The predicted molar refractivity (Wildman–Crippen MR) is 107 cm³/mol. The van der Waals surface area contributed by atoms with Gasteiger partial charge in [0.15, 0.2) is 0 Å². The van der Waals surface area contributed by atoms with Crippen LogP contribution >= 0.6 is 0 Å². The van der Waals surface area contributed by atoms with Crippen LogP contribution in [-0.2, 0) is 25.7 Å². The summed E-state index contributed by atoms with van der Waals surface area (Å²) in [5.74, 6) is -0.437. The summed E-state index contributed by atoms with van der Waals surface area (Å²) in [6.07, 6.45) is 3.87. The number of hydrogen-bond donors (Lipinski definition) is 1. The van der Waals surface area contributed by atoms with Gasteiger partial charge in [-0.1, -0.05) is 24.3 Å². The van der Waals surface area contributed by atoms with E-state index >= 15 is 0 Å². The first-order valence-corrected chi connectivity index (χ1v) is 9.66. The van der Waals surface area contributed by atoms with Crippen molar-refractivity contribution in [3.05, 3.63) is 47.2 Å². The van der Waals surface area contributed by atoms with Gasteiger partial charge in [-0.05, 0) is 25.0 Å². The van der Waals surface area contributed by atoms with E-state index in [2.05, 4.69) is 11.1 Å². The summed E-state index contributed by atoms with van der Waals surface area (Å²) in [4.78, 5) is 29.5. The number of amides is 1. The lowest BCUT2D eigenvalue weighted by Crippen LogP contribution is -2.59. The van der Waals surface area contributed by atoms with Crippen LogP contribution in [0.3, 0.4) is 0 Å². The molecule has 1 fully saturated rings. The van der Waals surface area contributed by atoms with E-state index in [1.807, 2.05) is 31.2 Å². The van der Waals surface area contributed by atoms with Crippen molar-refractivity contribution in [1.29, 1.82) is 0 Å². The van der Waals surface area contributed by atoms with Crippen molar-refractivity contribution < 1.29 is 23.5 Å². The molecule has 28 heavy (non-hydrogen) atoms. The Balaban J connectivity index is 2.26. The fourth-order valence-electron chi connectivity index (χ4n) is 4.45. The molecule has 0 saturated carbocycles. The van der Waals surface area contributed by atoms with Gasteiger partial charge < -0.3 is 14.5 Å². The normalized spacial score (nSPS) is 22.4. The highest BCUT2D eigenvalue weighted by atomic mass is 16.5. The van der Waals surface area contributed by atoms with Gasteiger partial charge in [-0.25, -0.2) is 14.1 Å². The van der Waals surface area contributed by atoms with E-state index in [0.29, 0.717) is 25.4 Å². The van der Waals surface area contributed by atoms with Crippen LogP contribution in [0, 0.1) is 0 Å². The zero-order valence-electron chi connectivity index (χ0n) is 17.1. The maximum absolute atomic E-state index is 13.1. The Morgan fingerprint density at radius 3 is 2.68 bits per heavy atom. The van der Waals surface area contributed by atoms with Crippen molar-refractivity contribution in [2.75, 3.05) is 27.3 Å². The van der Waals surface area contributed by atoms with Gasteiger partial charge in [0.1, 0.15) is 6.54 Å². The van der Waals surface area contributed by atoms with Gasteiger partial charge in [-0.3, -0.25) is 0 Å². The molecule has 1 aromatic carbocycles. The van der Waals surface area contributed by atoms with Crippen LogP contribution in [0.15, 0.2) is 35.9 Å². The van der Waals surface area contributed by atoms with Gasteiger partial charge in [0.2, 0.25) is 6.04 Å². The van der Waals surface area contributed by atoms with Gasteiger partial charge in [0, 0.05) is 30.0 Å². The number of aromatic amines is 1. The molecular weight excluding hydrogens is 356 g/mol. The Kier molecular flexibility index (Phi) is 6.01. The monoisotopic (exact) mass is 385 g/mol. The number of carbonyl (C=O) groups is 2. The highest BCUT2D eigenvalue weighted by Crippen LogP contribution is 2.39. The summed E-state index contributed by atoms with van der Waals surface area (Å²) >= 11 is 0. The van der Waals surface area contributed by atoms with E-state index in [9.17, 15) is 9.59 Å². The zero-order valence-corrected chi connectivity index (χ0v) is 17.1. The van der Waals surface area contributed by atoms with Crippen molar-refractivity contribution in [1.82, 2.24) is 4.98 Å². The van der Waals surface area contributed by atoms with Crippen molar-refractivity contribution in [2.24, 2.45) is 0 Å². The first-order chi connectivity index (χ1) is 13.5. The fraction of sp³-hybridized carbons (Fsp3) is 0.455. The molecule has 6 nitrogen and oxygen atoms in total. The number of esters is 1. The van der Waals surface area contributed by atoms with Gasteiger partial charge in [-0.2, -0.15) is 0 Å². The van der Waals surface area contributed by atoms with Crippen LogP contribution in [-0.4, -0.2) is 48.7 Å². The molecule has 2 unspecified atom stereocenters. The van der Waals surface area contributed by atoms with E-state index in [0.717, 1.165) is 29.3 Å². The number of piperidine rings is 1. The lowest BCUT2D eigenvalue weighted by atomic mass is 9.95. The third-order valence-electron chi connectivity index (χ3n) is 5.90. The molecule has 6 heteroatoms. The minimum atomic E-state index is -0.754. The Hall–Kier alpha value is -2.44. The molecule has 0 aliphatic carbocycles. The predicted octanol–water partition coefficient (Wildman–Crippen LogP) is 3.63. The second kappa shape index (κ2) is 8.29. The number of para-hydroxylation sites is 1. The van der Waals surface area contributed by atoms with Crippen LogP contribution < -0.4 is 0 Å². The number of aromatic nitrogens is 1. The molecule has 1 N–H and O–H groups in total. The van der Waals surface area contributed by atoms with Crippen molar-refractivity contribution in [2.45, 2.75) is 39.3 Å². The third-order valence-corrected chi connectivity index (χ3v) is 5.90. The van der Waals surface area contributed by atoms with Crippen molar-refractivity contribution in [3.63, 3.8) is 0 Å². The quantitative estimate of drug-likeness (QED) is 0.485. The van der Waals surface area contributed by atoms with E-state index < -0.39 is 12.0 Å². The Morgan fingerprint density at radius 1 is 1.29 bits per heavy atom. The Labute approximate surface area is 165 Å². The molecule has 2 heterocycles. The molecule has 1 saturated heterocycles. The number of benzene rings is 1. The zero-order chi connectivity index (χ0) is 20.3. The van der Waals surface area contributed by atoms with E-state index in [-0.39, 0.29) is 10.4 Å². The molecule has 1 aliphatic rings. The second-order valence-corrected chi connectivity index (χ2v) is 7.41. The number of ether oxygens (including phenoxy) is 2. The van der Waals surface area contributed by atoms with Crippen LogP contribution in [0.5, 0.6) is 0 Å². The number of rotatable bonds is 5. The number of H-pyrrole nitrogens is 1. The topological polar surface area (TPSA) is 68.4 Å². The SMILES string of the molecule is C/C=C1/CCC[N+](C(C)=O)(C(C(=O)OC)c2[nH]c3ccccc3c2COC)C1. The summed E-state index contributed by atoms with van der Waals surface area (Å²) in [5.41, 5.74) is 3.73. The smallest absolute Gasteiger partial charge is 0.371 e. The fourth-order valence-corrected chi connectivity index (χ4v) is 4.45. The van der Waals surface area contributed by atoms with Gasteiger partial charge in [0.25, 0.3) is 0 Å². The number of likely N-dealkylation sites (tertiary alicyclic amines) is 1. The van der Waals surface area contributed by atoms with Crippen LogP contribution in [0.1, 0.15) is 44.0 Å². The maximum atomic E-state index is 13.1. The number of nitrogens with one attached hydrogen (secondary N) is 1. The minimum Gasteiger partial charge on any atom is -0.464 e. The molecule has 0 bridgehead atoms. The first-order valence-electron chi connectivity index (χ1n) is 9.66. The number of quaternary nitrogens is 1. The second-order valence-electron chi connectivity index (χ2n) is 7.41. The summed E-state index contributed by atoms with van der Waals surface area (Å²) in [6, 6.07) is 7.12. The highest BCUT2D eigenvalue weighted by Gasteiger charge is 2.51. The minimum absolute atomic E-state index is 0.0310. The molecule has 150 valence electrons. The molecule has 1 aromatic heterocycles. The van der Waals surface area contributed by atoms with Gasteiger partial charge in [0.05, 0.1) is 32.9 Å². The summed E-state index contributed by atoms with van der Waals surface area (Å²) in [6.45, 7) is 5.04. The molecule has 0 spiro atoms. The highest BCUT2D eigenvalue weighted by molar-refractivity contribution is 5.88. The molecule has 3 rings (SSSR count). The molecular formula is C22H29N2O4+. The number of carbonyl (C=O) groups excluding carboxylic acids is 2. The number of fused-ring (bicyclic) bond motifs is 1. The van der Waals surface area contributed by atoms with Gasteiger partial charge >= 0.3 is 11.9 Å². The number of nitrogens with zero attached hydrogens (tertiary/aromatic N) is 1. The lowest BCUT2D eigenvalue weighted by Gasteiger charge is -2.43. The Morgan fingerprint density at radius 2 is 2.04 bits per heavy atom. The van der Waals surface area contributed by atoms with Crippen LogP contribution in [0.4, 0.5) is 0 Å². The van der Waals surface area contributed by atoms with E-state index in [4.69, 9.17) is 9.47 Å². The Bertz CT molecular complexity index is 914. The standard InChI is InChI=1S/C22H29N2O4/c1-5-16-9-8-12-24(13-16,15(2)25)21(22(26)28-4)20-18(14-27-3)17-10-6-7-11-19(17)23-20/h5-7,10-11,21,23H,8-9,12-14H2,1-4H3/q+1/b16-5-. The van der Waals surface area contributed by atoms with Crippen molar-refractivity contribution in [3.8, 4) is 0 Å². The average Bonchev–Trinajstić information content (AvgIpc) is 3.06. The molecule has 2 atom stereocenters. The summed E-state index contributed by atoms with van der Waals surface area (Å²) < 4.78 is 10.7.